The fourth-order valence-electron chi connectivity index (χ4n) is 6.91. The second-order valence-corrected chi connectivity index (χ2v) is 11.4. The monoisotopic (exact) mass is 565 g/mol. The third-order valence-electron chi connectivity index (χ3n) is 8.47. The first-order valence-corrected chi connectivity index (χ1v) is 14.1. The Morgan fingerprint density at radius 2 is 1.17 bits per heavy atom. The number of hydrogen-bond acceptors (Lipinski definition) is 6. The maximum atomic E-state index is 14.1. The highest BCUT2D eigenvalue weighted by Crippen LogP contribution is 2.61. The lowest BCUT2D eigenvalue weighted by Gasteiger charge is -2.45. The molecular weight excluding hydrogens is 534 g/mol. The zero-order valence-corrected chi connectivity index (χ0v) is 23.5. The molecule has 3 aliphatic carbocycles. The van der Waals surface area contributed by atoms with E-state index in [0.717, 1.165) is 27.2 Å². The minimum atomic E-state index is -1.16. The summed E-state index contributed by atoms with van der Waals surface area (Å²) in [5.41, 5.74) is 5.24. The van der Waals surface area contributed by atoms with Gasteiger partial charge in [-0.2, -0.15) is 0 Å². The number of likely N-dealkylation sites (tertiary alicyclic amines) is 1. The van der Waals surface area contributed by atoms with Crippen LogP contribution in [0.15, 0.2) is 72.8 Å². The highest BCUT2D eigenvalue weighted by Gasteiger charge is 2.63. The van der Waals surface area contributed by atoms with E-state index < -0.39 is 42.3 Å². The van der Waals surface area contributed by atoms with E-state index in [9.17, 15) is 24.0 Å². The Morgan fingerprint density at radius 1 is 0.738 bits per heavy atom. The van der Waals surface area contributed by atoms with Crippen molar-refractivity contribution in [2.24, 2.45) is 17.8 Å². The van der Waals surface area contributed by atoms with E-state index >= 15 is 0 Å². The number of benzene rings is 3. The molecule has 9 heteroatoms. The van der Waals surface area contributed by atoms with Crippen LogP contribution >= 0.6 is 0 Å². The average molecular weight is 566 g/mol. The molecule has 1 aliphatic heterocycles. The number of imide groups is 1. The van der Waals surface area contributed by atoms with Crippen molar-refractivity contribution in [1.29, 1.82) is 0 Å². The summed E-state index contributed by atoms with van der Waals surface area (Å²) in [5, 5.41) is 5.28. The van der Waals surface area contributed by atoms with Crippen molar-refractivity contribution in [2.45, 2.75) is 38.6 Å². The van der Waals surface area contributed by atoms with Gasteiger partial charge in [-0.15, -0.1) is 0 Å². The van der Waals surface area contributed by atoms with Crippen LogP contribution in [0.2, 0.25) is 0 Å². The molecular formula is C33H31N3O6. The lowest BCUT2D eigenvalue weighted by Crippen LogP contribution is -2.49. The van der Waals surface area contributed by atoms with Crippen molar-refractivity contribution >= 4 is 41.0 Å². The van der Waals surface area contributed by atoms with Crippen LogP contribution in [0.3, 0.4) is 0 Å². The number of carbonyl (C=O) groups excluding carboxylic acids is 5. The molecule has 7 rings (SSSR count). The number of carbonyl (C=O) groups is 5. The molecule has 3 aromatic rings. The van der Waals surface area contributed by atoms with Crippen molar-refractivity contribution in [1.82, 2.24) is 4.90 Å². The lowest BCUT2D eigenvalue weighted by atomic mass is 9.55. The molecule has 3 aromatic carbocycles. The van der Waals surface area contributed by atoms with Crippen LogP contribution in [0.4, 0.5) is 11.4 Å². The van der Waals surface area contributed by atoms with Gasteiger partial charge in [0.05, 0.1) is 11.8 Å². The maximum Gasteiger partial charge on any atom is 0.330 e. The number of hydrogen-bond donors (Lipinski definition) is 2. The standard InChI is InChI=1S/C33H31N3O6/c1-17(2)30(33(41)42-16-25(38)35-20-14-12-19(13-15-20)34-18(3)37)36-31(39)28-26-21-8-4-5-9-22(21)27(29(28)32(36)40)24-11-7-6-10-23(24)26/h4-15,17,26-30H,16H2,1-3H3,(H,34,37)(H,35,38)/t26?,27?,28-,29-,30-/m0/s1. The minimum absolute atomic E-state index is 0.214. The van der Waals surface area contributed by atoms with Crippen LogP contribution in [-0.4, -0.2) is 47.1 Å². The fraction of sp³-hybridized carbons (Fsp3) is 0.303. The number of amides is 4. The van der Waals surface area contributed by atoms with Gasteiger partial charge < -0.3 is 15.4 Å². The van der Waals surface area contributed by atoms with E-state index in [1.165, 1.54) is 6.92 Å². The Balaban J connectivity index is 1.20. The molecule has 214 valence electrons. The van der Waals surface area contributed by atoms with Gasteiger partial charge in [0.25, 0.3) is 5.91 Å². The molecule has 0 saturated carbocycles. The topological polar surface area (TPSA) is 122 Å². The Labute approximate surface area is 243 Å². The zero-order chi connectivity index (χ0) is 29.7. The Hall–Kier alpha value is -4.79. The van der Waals surface area contributed by atoms with Crippen molar-refractivity contribution in [3.8, 4) is 0 Å². The molecule has 0 unspecified atom stereocenters. The van der Waals surface area contributed by atoms with Crippen LogP contribution in [-0.2, 0) is 28.7 Å². The SMILES string of the molecule is CC(=O)Nc1ccc(NC(=O)COC(=O)[C@H](C(C)C)N2C(=O)[C@H]3C4c5ccccc5C(c5ccccc54)[C@@H]3C2=O)cc1. The smallest absolute Gasteiger partial charge is 0.330 e. The van der Waals surface area contributed by atoms with E-state index in [0.29, 0.717) is 11.4 Å². The molecule has 2 N–H and O–H groups in total. The van der Waals surface area contributed by atoms with Gasteiger partial charge >= 0.3 is 5.97 Å². The van der Waals surface area contributed by atoms with Gasteiger partial charge in [0, 0.05) is 30.1 Å². The summed E-state index contributed by atoms with van der Waals surface area (Å²) in [6, 6.07) is 21.2. The van der Waals surface area contributed by atoms with Gasteiger partial charge in [-0.1, -0.05) is 62.4 Å². The first kappa shape index (κ1) is 27.4. The highest BCUT2D eigenvalue weighted by molar-refractivity contribution is 6.10. The molecule has 0 radical (unpaired) electrons. The zero-order valence-electron chi connectivity index (χ0n) is 23.5. The van der Waals surface area contributed by atoms with E-state index in [2.05, 4.69) is 10.6 Å². The van der Waals surface area contributed by atoms with Crippen molar-refractivity contribution in [3.05, 3.63) is 95.1 Å². The fourth-order valence-corrected chi connectivity index (χ4v) is 6.91. The summed E-state index contributed by atoms with van der Waals surface area (Å²) in [7, 11) is 0. The molecule has 3 atom stereocenters. The van der Waals surface area contributed by atoms with Gasteiger partial charge in [-0.25, -0.2) is 4.79 Å². The van der Waals surface area contributed by atoms with Crippen LogP contribution in [0, 0.1) is 17.8 Å². The Morgan fingerprint density at radius 3 is 1.57 bits per heavy atom. The number of rotatable bonds is 7. The van der Waals surface area contributed by atoms with Crippen LogP contribution in [0.1, 0.15) is 54.9 Å². The molecule has 0 aromatic heterocycles. The number of nitrogens with zero attached hydrogens (tertiary/aromatic N) is 1. The number of esters is 1. The summed E-state index contributed by atoms with van der Waals surface area (Å²) in [6.07, 6.45) is 0. The summed E-state index contributed by atoms with van der Waals surface area (Å²) in [4.78, 5) is 66.4. The third kappa shape index (κ3) is 4.45. The van der Waals surface area contributed by atoms with E-state index in [1.807, 2.05) is 48.5 Å². The van der Waals surface area contributed by atoms with Crippen LogP contribution in [0.5, 0.6) is 0 Å². The van der Waals surface area contributed by atoms with Crippen molar-refractivity contribution < 1.29 is 28.7 Å². The first-order chi connectivity index (χ1) is 20.2. The summed E-state index contributed by atoms with van der Waals surface area (Å²) in [6.45, 7) is 4.32. The Kier molecular flexibility index (Phi) is 6.88. The molecule has 9 nitrogen and oxygen atoms in total. The molecule has 1 heterocycles. The van der Waals surface area contributed by atoms with E-state index in [-0.39, 0.29) is 29.6 Å². The first-order valence-electron chi connectivity index (χ1n) is 14.1. The number of anilines is 2. The number of ether oxygens (including phenoxy) is 1. The van der Waals surface area contributed by atoms with Crippen LogP contribution < -0.4 is 10.6 Å². The summed E-state index contributed by atoms with van der Waals surface area (Å²) >= 11 is 0. The number of nitrogens with one attached hydrogen (secondary N) is 2. The van der Waals surface area contributed by atoms with Gasteiger partial charge in [-0.3, -0.25) is 24.1 Å². The van der Waals surface area contributed by atoms with Gasteiger partial charge in [0.15, 0.2) is 6.61 Å². The average Bonchev–Trinajstić information content (AvgIpc) is 3.23. The molecule has 4 amide bonds. The predicted molar refractivity (Wildman–Crippen MR) is 154 cm³/mol. The maximum absolute atomic E-state index is 14.1. The van der Waals surface area contributed by atoms with Crippen molar-refractivity contribution in [3.63, 3.8) is 0 Å². The van der Waals surface area contributed by atoms with E-state index in [4.69, 9.17) is 4.74 Å². The van der Waals surface area contributed by atoms with Crippen molar-refractivity contribution in [2.75, 3.05) is 17.2 Å². The summed E-state index contributed by atoms with van der Waals surface area (Å²) < 4.78 is 5.38. The normalized spacial score (nSPS) is 22.2. The molecule has 1 fully saturated rings. The van der Waals surface area contributed by atoms with Gasteiger partial charge in [0.1, 0.15) is 6.04 Å². The molecule has 0 spiro atoms. The van der Waals surface area contributed by atoms with E-state index in [1.54, 1.807) is 38.1 Å². The van der Waals surface area contributed by atoms with Gasteiger partial charge in [0.2, 0.25) is 17.7 Å². The Bertz CT molecular complexity index is 1500. The van der Waals surface area contributed by atoms with Gasteiger partial charge in [-0.05, 0) is 52.4 Å². The molecule has 2 bridgehead atoms. The lowest BCUT2D eigenvalue weighted by molar-refractivity contribution is -0.162. The largest absolute Gasteiger partial charge is 0.454 e. The molecule has 42 heavy (non-hydrogen) atoms. The van der Waals surface area contributed by atoms with Crippen LogP contribution in [0.25, 0.3) is 0 Å². The quantitative estimate of drug-likeness (QED) is 0.329. The highest BCUT2D eigenvalue weighted by atomic mass is 16.5. The minimum Gasteiger partial charge on any atom is -0.454 e. The second-order valence-electron chi connectivity index (χ2n) is 11.4. The summed E-state index contributed by atoms with van der Waals surface area (Å²) in [5.74, 6) is -4.53. The molecule has 1 saturated heterocycles. The second kappa shape index (κ2) is 10.6. The third-order valence-corrected chi connectivity index (χ3v) is 8.47. The molecule has 4 aliphatic rings. The predicted octanol–water partition coefficient (Wildman–Crippen LogP) is 4.04.